The molecule has 2 aromatic rings. The fourth-order valence-electron chi connectivity index (χ4n) is 3.02. The number of rotatable bonds is 6. The van der Waals surface area contributed by atoms with Crippen molar-refractivity contribution in [1.82, 2.24) is 0 Å². The van der Waals surface area contributed by atoms with Gasteiger partial charge in [-0.15, -0.1) is 11.8 Å². The minimum absolute atomic E-state index is 0.0801. The number of ether oxygens (including phenoxy) is 1. The highest BCUT2D eigenvalue weighted by molar-refractivity contribution is 7.99. The third-order valence-electron chi connectivity index (χ3n) is 4.23. The summed E-state index contributed by atoms with van der Waals surface area (Å²) in [5.74, 6) is 1.44. The van der Waals surface area contributed by atoms with Crippen LogP contribution in [-0.4, -0.2) is 31.2 Å². The zero-order chi connectivity index (χ0) is 18.5. The normalized spacial score (nSPS) is 13.8. The molecule has 0 atom stereocenters. The van der Waals surface area contributed by atoms with Crippen LogP contribution in [0.5, 0.6) is 5.75 Å². The molecule has 0 saturated carbocycles. The van der Waals surface area contributed by atoms with E-state index in [4.69, 9.17) is 4.74 Å². The van der Waals surface area contributed by atoms with Gasteiger partial charge in [-0.1, -0.05) is 19.1 Å². The average Bonchev–Trinajstić information content (AvgIpc) is 3.08. The topological polar surface area (TPSA) is 58.6 Å². The van der Waals surface area contributed by atoms with E-state index in [2.05, 4.69) is 12.2 Å². The van der Waals surface area contributed by atoms with Crippen LogP contribution in [0.3, 0.4) is 0 Å². The lowest BCUT2D eigenvalue weighted by molar-refractivity contribution is -0.117. The summed E-state index contributed by atoms with van der Waals surface area (Å²) in [5, 5.41) is 2.94. The quantitative estimate of drug-likeness (QED) is 0.775. The van der Waals surface area contributed by atoms with Gasteiger partial charge in [0.2, 0.25) is 5.91 Å². The Hall–Kier alpha value is -2.47. The van der Waals surface area contributed by atoms with Crippen LogP contribution in [0.25, 0.3) is 0 Å². The Balaban J connectivity index is 1.86. The van der Waals surface area contributed by atoms with Gasteiger partial charge in [-0.3, -0.25) is 9.59 Å². The Bertz CT molecular complexity index is 822. The van der Waals surface area contributed by atoms with Gasteiger partial charge in [-0.05, 0) is 42.5 Å². The van der Waals surface area contributed by atoms with Crippen molar-refractivity contribution < 1.29 is 14.3 Å². The predicted octanol–water partition coefficient (Wildman–Crippen LogP) is 4.19. The molecular weight excluding hydrogens is 348 g/mol. The number of amides is 2. The zero-order valence-corrected chi connectivity index (χ0v) is 15.8. The van der Waals surface area contributed by atoms with E-state index in [0.29, 0.717) is 35.7 Å². The molecule has 0 bridgehead atoms. The number of methoxy groups -OCH3 is 1. The summed E-state index contributed by atoms with van der Waals surface area (Å²) in [5.41, 5.74) is 1.99. The Morgan fingerprint density at radius 2 is 2.08 bits per heavy atom. The van der Waals surface area contributed by atoms with Gasteiger partial charge in [0.1, 0.15) is 5.75 Å². The number of thioether (sulfide) groups is 1. The van der Waals surface area contributed by atoms with Gasteiger partial charge in [-0.2, -0.15) is 0 Å². The monoisotopic (exact) mass is 370 g/mol. The predicted molar refractivity (Wildman–Crippen MR) is 105 cm³/mol. The maximum Gasteiger partial charge on any atom is 0.256 e. The lowest BCUT2D eigenvalue weighted by Gasteiger charge is -2.20. The third kappa shape index (κ3) is 3.85. The number of nitrogens with one attached hydrogen (secondary N) is 1. The van der Waals surface area contributed by atoms with E-state index in [9.17, 15) is 9.59 Å². The molecule has 0 unspecified atom stereocenters. The molecule has 0 spiro atoms. The summed E-state index contributed by atoms with van der Waals surface area (Å²) >= 11 is 1.64. The van der Waals surface area contributed by atoms with Crippen molar-refractivity contribution in [3.63, 3.8) is 0 Å². The standard InChI is InChI=1S/C20H22N2O3S/c1-3-26-18-8-5-4-7-15(18)20(24)21-14-10-11-17(25-2)16(13-14)22-12-6-9-19(22)23/h4-5,7-8,10-11,13H,3,6,9,12H2,1-2H3,(H,21,24). The minimum atomic E-state index is -0.162. The molecule has 1 aliphatic heterocycles. The van der Waals surface area contributed by atoms with Crippen molar-refractivity contribution in [2.24, 2.45) is 0 Å². The zero-order valence-electron chi connectivity index (χ0n) is 15.0. The van der Waals surface area contributed by atoms with Gasteiger partial charge >= 0.3 is 0 Å². The number of carbonyl (C=O) groups is 2. The highest BCUT2D eigenvalue weighted by atomic mass is 32.2. The number of carbonyl (C=O) groups excluding carboxylic acids is 2. The van der Waals surface area contributed by atoms with Crippen LogP contribution in [0.4, 0.5) is 11.4 Å². The molecule has 1 saturated heterocycles. The van der Waals surface area contributed by atoms with Gasteiger partial charge in [0.15, 0.2) is 0 Å². The molecule has 136 valence electrons. The minimum Gasteiger partial charge on any atom is -0.495 e. The van der Waals surface area contributed by atoms with Crippen molar-refractivity contribution in [3.8, 4) is 5.75 Å². The van der Waals surface area contributed by atoms with Crippen molar-refractivity contribution in [1.29, 1.82) is 0 Å². The van der Waals surface area contributed by atoms with Gasteiger partial charge < -0.3 is 15.0 Å². The lowest BCUT2D eigenvalue weighted by atomic mass is 10.2. The summed E-state index contributed by atoms with van der Waals surface area (Å²) in [7, 11) is 1.58. The van der Waals surface area contributed by atoms with Crippen LogP contribution in [-0.2, 0) is 4.79 Å². The first-order chi connectivity index (χ1) is 12.6. The molecule has 1 aliphatic rings. The van der Waals surface area contributed by atoms with Crippen LogP contribution >= 0.6 is 11.8 Å². The first-order valence-electron chi connectivity index (χ1n) is 8.65. The smallest absolute Gasteiger partial charge is 0.256 e. The molecule has 6 heteroatoms. The van der Waals surface area contributed by atoms with E-state index in [1.165, 1.54) is 0 Å². The Morgan fingerprint density at radius 1 is 1.27 bits per heavy atom. The molecule has 2 amide bonds. The first-order valence-corrected chi connectivity index (χ1v) is 9.64. The van der Waals surface area contributed by atoms with Crippen molar-refractivity contribution in [3.05, 3.63) is 48.0 Å². The van der Waals surface area contributed by atoms with E-state index in [1.54, 1.807) is 42.0 Å². The first kappa shape index (κ1) is 18.3. The second kappa shape index (κ2) is 8.27. The van der Waals surface area contributed by atoms with Gasteiger partial charge in [0, 0.05) is 23.5 Å². The number of hydrogen-bond acceptors (Lipinski definition) is 4. The SMILES string of the molecule is CCSc1ccccc1C(=O)Nc1ccc(OC)c(N2CCCC2=O)c1. The van der Waals surface area contributed by atoms with Crippen LogP contribution in [0.1, 0.15) is 30.1 Å². The van der Waals surface area contributed by atoms with Gasteiger partial charge in [-0.25, -0.2) is 0 Å². The molecule has 1 fully saturated rings. The third-order valence-corrected chi connectivity index (χ3v) is 5.19. The molecule has 5 nitrogen and oxygen atoms in total. The fraction of sp³-hybridized carbons (Fsp3) is 0.300. The summed E-state index contributed by atoms with van der Waals surface area (Å²) in [6.45, 7) is 2.73. The van der Waals surface area contributed by atoms with E-state index >= 15 is 0 Å². The molecule has 1 heterocycles. The highest BCUT2D eigenvalue weighted by Crippen LogP contribution is 2.34. The molecule has 0 aromatic heterocycles. The molecular formula is C20H22N2O3S. The number of benzene rings is 2. The van der Waals surface area contributed by atoms with E-state index < -0.39 is 0 Å². The lowest BCUT2D eigenvalue weighted by Crippen LogP contribution is -2.24. The van der Waals surface area contributed by atoms with E-state index in [0.717, 1.165) is 17.1 Å². The van der Waals surface area contributed by atoms with Gasteiger partial charge in [0.05, 0.1) is 18.4 Å². The summed E-state index contributed by atoms with van der Waals surface area (Å²) in [6, 6.07) is 12.9. The molecule has 0 aliphatic carbocycles. The highest BCUT2D eigenvalue weighted by Gasteiger charge is 2.25. The molecule has 2 aromatic carbocycles. The van der Waals surface area contributed by atoms with Crippen molar-refractivity contribution >= 4 is 35.0 Å². The van der Waals surface area contributed by atoms with E-state index in [-0.39, 0.29) is 11.8 Å². The Labute approximate surface area is 157 Å². The summed E-state index contributed by atoms with van der Waals surface area (Å²) < 4.78 is 5.39. The number of hydrogen-bond donors (Lipinski definition) is 1. The molecule has 26 heavy (non-hydrogen) atoms. The van der Waals surface area contributed by atoms with Crippen LogP contribution in [0.15, 0.2) is 47.4 Å². The second-order valence-corrected chi connectivity index (χ2v) is 7.22. The maximum atomic E-state index is 12.7. The second-order valence-electron chi connectivity index (χ2n) is 5.92. The van der Waals surface area contributed by atoms with Crippen LogP contribution < -0.4 is 15.0 Å². The largest absolute Gasteiger partial charge is 0.495 e. The van der Waals surface area contributed by atoms with E-state index in [1.807, 2.05) is 24.3 Å². The van der Waals surface area contributed by atoms with Crippen molar-refractivity contribution in [2.75, 3.05) is 29.6 Å². The molecule has 0 radical (unpaired) electrons. The van der Waals surface area contributed by atoms with Crippen molar-refractivity contribution in [2.45, 2.75) is 24.7 Å². The average molecular weight is 370 g/mol. The van der Waals surface area contributed by atoms with Gasteiger partial charge in [0.25, 0.3) is 5.91 Å². The number of anilines is 2. The number of nitrogens with zero attached hydrogens (tertiary/aromatic N) is 1. The summed E-state index contributed by atoms with van der Waals surface area (Å²) in [6.07, 6.45) is 1.38. The Kier molecular flexibility index (Phi) is 5.83. The van der Waals surface area contributed by atoms with Crippen LogP contribution in [0.2, 0.25) is 0 Å². The maximum absolute atomic E-state index is 12.7. The fourth-order valence-corrected chi connectivity index (χ4v) is 3.82. The summed E-state index contributed by atoms with van der Waals surface area (Å²) in [4.78, 5) is 27.5. The Morgan fingerprint density at radius 3 is 2.77 bits per heavy atom. The molecule has 1 N–H and O–H groups in total. The van der Waals surface area contributed by atoms with Crippen LogP contribution in [0, 0.1) is 0 Å². The molecule has 3 rings (SSSR count).